The summed E-state index contributed by atoms with van der Waals surface area (Å²) in [7, 11) is 0. The van der Waals surface area contributed by atoms with Gasteiger partial charge in [-0.25, -0.2) is 4.99 Å². The summed E-state index contributed by atoms with van der Waals surface area (Å²) in [5.74, 6) is -0.696. The Morgan fingerprint density at radius 1 is 1.06 bits per heavy atom. The lowest BCUT2D eigenvalue weighted by Crippen LogP contribution is -2.44. The normalized spacial score (nSPS) is 17.3. The molecule has 35 heavy (non-hydrogen) atoms. The molecule has 0 radical (unpaired) electrons. The molecule has 0 bridgehead atoms. The lowest BCUT2D eigenvalue weighted by atomic mass is 10.2. The van der Waals surface area contributed by atoms with Crippen molar-refractivity contribution in [2.45, 2.75) is 23.8 Å². The highest BCUT2D eigenvalue weighted by Gasteiger charge is 2.36. The van der Waals surface area contributed by atoms with E-state index in [4.69, 9.17) is 11.6 Å². The van der Waals surface area contributed by atoms with Crippen molar-refractivity contribution in [2.24, 2.45) is 4.99 Å². The van der Waals surface area contributed by atoms with Crippen molar-refractivity contribution >= 4 is 51.7 Å². The van der Waals surface area contributed by atoms with E-state index >= 15 is 0 Å². The molecular weight excluding hydrogens is 496 g/mol. The zero-order chi connectivity index (χ0) is 24.8. The van der Waals surface area contributed by atoms with Crippen LogP contribution in [0.2, 0.25) is 0 Å². The first-order chi connectivity index (χ1) is 16.8. The Kier molecular flexibility index (Phi) is 7.67. The number of benzene rings is 3. The Morgan fingerprint density at radius 2 is 1.69 bits per heavy atom. The van der Waals surface area contributed by atoms with Gasteiger partial charge in [0.05, 0.1) is 12.2 Å². The molecule has 1 fully saturated rings. The number of anilines is 1. The van der Waals surface area contributed by atoms with Gasteiger partial charge in [0.25, 0.3) is 0 Å². The summed E-state index contributed by atoms with van der Waals surface area (Å²) in [6, 6.07) is 23.9. The summed E-state index contributed by atoms with van der Waals surface area (Å²) in [5.41, 5.74) is -1.91. The van der Waals surface area contributed by atoms with Crippen LogP contribution in [0.5, 0.6) is 5.75 Å². The highest BCUT2D eigenvalue weighted by molar-refractivity contribution is 8.15. The van der Waals surface area contributed by atoms with Crippen LogP contribution in [0, 0.1) is 0 Å². The second-order valence-corrected chi connectivity index (χ2v) is 9.18. The van der Waals surface area contributed by atoms with Crippen LogP contribution in [0.15, 0.2) is 89.9 Å². The minimum atomic E-state index is -3.83. The van der Waals surface area contributed by atoms with Gasteiger partial charge in [0.2, 0.25) is 11.8 Å². The molecule has 1 aliphatic heterocycles. The maximum absolute atomic E-state index is 13.1. The van der Waals surface area contributed by atoms with Crippen molar-refractivity contribution in [3.63, 3.8) is 0 Å². The number of thioether (sulfide) groups is 1. The molecule has 1 atom stereocenters. The third-order valence-corrected chi connectivity index (χ3v) is 6.22. The fourth-order valence-corrected chi connectivity index (χ4v) is 4.53. The van der Waals surface area contributed by atoms with E-state index in [2.05, 4.69) is 15.0 Å². The van der Waals surface area contributed by atoms with Crippen LogP contribution in [-0.2, 0) is 16.1 Å². The molecule has 0 aromatic heterocycles. The van der Waals surface area contributed by atoms with Crippen molar-refractivity contribution < 1.29 is 23.1 Å². The molecule has 0 aliphatic carbocycles. The Hall–Kier alpha value is -3.43. The second-order valence-electron chi connectivity index (χ2n) is 7.57. The number of rotatable bonds is 7. The first-order valence-corrected chi connectivity index (χ1v) is 11.8. The third-order valence-electron chi connectivity index (χ3n) is 4.95. The number of hydrogen-bond acceptors (Lipinski definition) is 5. The summed E-state index contributed by atoms with van der Waals surface area (Å²) in [5, 5.41) is 2.46. The highest BCUT2D eigenvalue weighted by atomic mass is 35.5. The zero-order valence-electron chi connectivity index (χ0n) is 18.2. The lowest BCUT2D eigenvalue weighted by Gasteiger charge is -2.32. The molecular formula is C25H20ClF2N3O3S. The van der Waals surface area contributed by atoms with Crippen molar-refractivity contribution in [1.82, 2.24) is 4.90 Å². The van der Waals surface area contributed by atoms with Gasteiger partial charge < -0.3 is 10.1 Å². The first kappa shape index (κ1) is 24.7. The monoisotopic (exact) mass is 515 g/mol. The summed E-state index contributed by atoms with van der Waals surface area (Å²) in [4.78, 5) is 32.1. The maximum atomic E-state index is 13.1. The van der Waals surface area contributed by atoms with Gasteiger partial charge in [0, 0.05) is 23.7 Å². The minimum absolute atomic E-state index is 0.00672. The molecule has 3 aromatic rings. The molecule has 1 unspecified atom stereocenters. The summed E-state index contributed by atoms with van der Waals surface area (Å²) in [6.45, 7) is 0.276. The van der Waals surface area contributed by atoms with Gasteiger partial charge in [-0.2, -0.15) is 0 Å². The number of carbonyl (C=O) groups is 2. The predicted molar refractivity (Wildman–Crippen MR) is 133 cm³/mol. The summed E-state index contributed by atoms with van der Waals surface area (Å²) >= 11 is 5.98. The largest absolute Gasteiger partial charge is 0.487 e. The van der Waals surface area contributed by atoms with Gasteiger partial charge in [0.1, 0.15) is 11.0 Å². The predicted octanol–water partition coefficient (Wildman–Crippen LogP) is 6.02. The number of halogens is 3. The van der Waals surface area contributed by atoms with Crippen LogP contribution in [0.4, 0.5) is 20.2 Å². The molecule has 1 aliphatic rings. The summed E-state index contributed by atoms with van der Waals surface area (Å²) < 4.78 is 30.1. The minimum Gasteiger partial charge on any atom is -0.420 e. The standard InChI is InChI=1S/C25H20ClF2N3O3S/c26-25(27,28)34-20-13-11-19(12-14-20)30-24-31(16-17-7-3-1-4-8-17)22(32)15-21(35-24)23(33)29-18-9-5-2-6-10-18/h1-14,21H,15-16H2,(H,29,33). The Balaban J connectivity index is 1.58. The number of carbonyl (C=O) groups excluding carboxylic acids is 2. The third kappa shape index (κ3) is 7.03. The smallest absolute Gasteiger partial charge is 0.420 e. The molecule has 10 heteroatoms. The Labute approximate surface area is 209 Å². The van der Waals surface area contributed by atoms with Gasteiger partial charge in [0.15, 0.2) is 5.17 Å². The lowest BCUT2D eigenvalue weighted by molar-refractivity contribution is -0.129. The van der Waals surface area contributed by atoms with Crippen LogP contribution in [0.25, 0.3) is 0 Å². The molecule has 1 heterocycles. The number of nitrogens with one attached hydrogen (secondary N) is 1. The number of ether oxygens (including phenoxy) is 1. The number of hydrogen-bond donors (Lipinski definition) is 1. The molecule has 3 aromatic carbocycles. The van der Waals surface area contributed by atoms with Crippen molar-refractivity contribution in [3.8, 4) is 5.75 Å². The highest BCUT2D eigenvalue weighted by Crippen LogP contribution is 2.32. The molecule has 6 nitrogen and oxygen atoms in total. The van der Waals surface area contributed by atoms with E-state index in [0.717, 1.165) is 5.56 Å². The molecule has 1 N–H and O–H groups in total. The SMILES string of the molecule is O=C(Nc1ccccc1)C1CC(=O)N(Cc2ccccc2)C(=Nc2ccc(OC(F)(F)Cl)cc2)S1. The molecule has 4 rings (SSSR count). The van der Waals surface area contributed by atoms with E-state index in [9.17, 15) is 18.4 Å². The van der Waals surface area contributed by atoms with E-state index in [0.29, 0.717) is 16.5 Å². The average molecular weight is 516 g/mol. The number of aliphatic imine (C=N–C) groups is 1. The van der Waals surface area contributed by atoms with Crippen LogP contribution in [0.3, 0.4) is 0 Å². The first-order valence-electron chi connectivity index (χ1n) is 10.6. The summed E-state index contributed by atoms with van der Waals surface area (Å²) in [6.07, 6.45) is 0.00672. The van der Waals surface area contributed by atoms with Crippen molar-refractivity contribution in [1.29, 1.82) is 0 Å². The van der Waals surface area contributed by atoms with Crippen LogP contribution in [0.1, 0.15) is 12.0 Å². The molecule has 180 valence electrons. The Morgan fingerprint density at radius 3 is 2.31 bits per heavy atom. The van der Waals surface area contributed by atoms with Gasteiger partial charge >= 0.3 is 5.57 Å². The van der Waals surface area contributed by atoms with E-state index in [1.807, 2.05) is 36.4 Å². The molecule has 2 amide bonds. The second kappa shape index (κ2) is 10.9. The van der Waals surface area contributed by atoms with Gasteiger partial charge in [-0.05, 0) is 42.0 Å². The van der Waals surface area contributed by atoms with Gasteiger partial charge in [-0.1, -0.05) is 60.3 Å². The topological polar surface area (TPSA) is 71.0 Å². The number of amides is 2. The van der Waals surface area contributed by atoms with E-state index in [-0.39, 0.29) is 30.5 Å². The fraction of sp³-hybridized carbons (Fsp3) is 0.160. The van der Waals surface area contributed by atoms with Gasteiger partial charge in [-0.3, -0.25) is 14.5 Å². The number of nitrogens with zero attached hydrogens (tertiary/aromatic N) is 2. The van der Waals surface area contributed by atoms with Gasteiger partial charge in [-0.15, -0.1) is 8.78 Å². The van der Waals surface area contributed by atoms with Crippen LogP contribution >= 0.6 is 23.4 Å². The zero-order valence-corrected chi connectivity index (χ0v) is 19.8. The average Bonchev–Trinajstić information content (AvgIpc) is 2.82. The quantitative estimate of drug-likeness (QED) is 0.391. The molecule has 0 saturated carbocycles. The molecule has 1 saturated heterocycles. The fourth-order valence-electron chi connectivity index (χ4n) is 3.34. The number of para-hydroxylation sites is 1. The van der Waals surface area contributed by atoms with Crippen molar-refractivity contribution in [3.05, 3.63) is 90.5 Å². The van der Waals surface area contributed by atoms with Crippen molar-refractivity contribution in [2.75, 3.05) is 5.32 Å². The maximum Gasteiger partial charge on any atom is 0.487 e. The van der Waals surface area contributed by atoms with E-state index in [1.54, 1.807) is 24.3 Å². The Bertz CT molecular complexity index is 1210. The molecule has 0 spiro atoms. The van der Waals surface area contributed by atoms with Crippen LogP contribution in [-0.4, -0.2) is 32.7 Å². The van der Waals surface area contributed by atoms with Crippen LogP contribution < -0.4 is 10.1 Å². The van der Waals surface area contributed by atoms with E-state index in [1.165, 1.54) is 40.9 Å². The van der Waals surface area contributed by atoms with E-state index < -0.39 is 10.8 Å². The number of alkyl halides is 3. The number of amidine groups is 1.